The molecule has 0 aromatic carbocycles. The standard InChI is InChI=1S/C4H11NO.C4H6O/c1-5-3-4-6-2;1-4(2)3-5/h5H,3-4H2,1-2H3;3H,1H2,2H3. The van der Waals surface area contributed by atoms with Crippen LogP contribution in [0.1, 0.15) is 6.92 Å². The molecule has 66 valence electrons. The van der Waals surface area contributed by atoms with Crippen LogP contribution in [0.15, 0.2) is 12.2 Å². The van der Waals surface area contributed by atoms with Gasteiger partial charge in [-0.1, -0.05) is 6.58 Å². The lowest BCUT2D eigenvalue weighted by atomic mass is 10.4. The second-order valence-electron chi connectivity index (χ2n) is 2.06. The summed E-state index contributed by atoms with van der Waals surface area (Å²) in [6, 6.07) is 0. The van der Waals surface area contributed by atoms with Gasteiger partial charge in [0.15, 0.2) is 0 Å². The van der Waals surface area contributed by atoms with Crippen molar-refractivity contribution in [3.05, 3.63) is 12.2 Å². The van der Waals surface area contributed by atoms with Crippen LogP contribution in [0.4, 0.5) is 0 Å². The van der Waals surface area contributed by atoms with Crippen molar-refractivity contribution in [2.24, 2.45) is 0 Å². The molecule has 3 heteroatoms. The van der Waals surface area contributed by atoms with Gasteiger partial charge in [0.05, 0.1) is 6.61 Å². The molecule has 0 heterocycles. The van der Waals surface area contributed by atoms with E-state index in [2.05, 4.69) is 11.9 Å². The minimum absolute atomic E-state index is 0.574. The van der Waals surface area contributed by atoms with Gasteiger partial charge in [-0.3, -0.25) is 4.79 Å². The maximum atomic E-state index is 9.41. The van der Waals surface area contributed by atoms with Gasteiger partial charge in [0.25, 0.3) is 0 Å². The van der Waals surface area contributed by atoms with Crippen molar-refractivity contribution < 1.29 is 9.53 Å². The van der Waals surface area contributed by atoms with Crippen LogP contribution in [-0.2, 0) is 9.53 Å². The third-order valence-electron chi connectivity index (χ3n) is 0.757. The van der Waals surface area contributed by atoms with Crippen molar-refractivity contribution >= 4 is 6.29 Å². The predicted molar refractivity (Wildman–Crippen MR) is 46.7 cm³/mol. The second-order valence-corrected chi connectivity index (χ2v) is 2.06. The number of likely N-dealkylation sites (N-methyl/N-ethyl adjacent to an activating group) is 1. The van der Waals surface area contributed by atoms with Gasteiger partial charge in [-0.15, -0.1) is 0 Å². The van der Waals surface area contributed by atoms with Crippen LogP contribution >= 0.6 is 0 Å². The molecule has 0 amide bonds. The molecule has 0 saturated carbocycles. The molecule has 0 aliphatic rings. The highest BCUT2D eigenvalue weighted by Crippen LogP contribution is 1.70. The first kappa shape index (κ1) is 13.0. The fourth-order valence-electron chi connectivity index (χ4n) is 0.204. The van der Waals surface area contributed by atoms with Crippen molar-refractivity contribution in [1.82, 2.24) is 5.32 Å². The average Bonchev–Trinajstić information content (AvgIpc) is 2.02. The Morgan fingerprint density at radius 1 is 1.73 bits per heavy atom. The zero-order valence-electron chi connectivity index (χ0n) is 7.52. The van der Waals surface area contributed by atoms with Crippen molar-refractivity contribution in [3.63, 3.8) is 0 Å². The van der Waals surface area contributed by atoms with Crippen molar-refractivity contribution in [2.75, 3.05) is 27.3 Å². The Morgan fingerprint density at radius 3 is 2.27 bits per heavy atom. The molecule has 0 saturated heterocycles. The lowest BCUT2D eigenvalue weighted by Crippen LogP contribution is -2.12. The zero-order valence-corrected chi connectivity index (χ0v) is 7.52. The number of carbonyl (C=O) groups excluding carboxylic acids is 1. The fraction of sp³-hybridized carbons (Fsp3) is 0.625. The number of methoxy groups -OCH3 is 1. The van der Waals surface area contributed by atoms with Crippen molar-refractivity contribution in [3.8, 4) is 0 Å². The molecule has 0 aromatic rings. The lowest BCUT2D eigenvalue weighted by Gasteiger charge is -1.92. The number of ether oxygens (including phenoxy) is 1. The summed E-state index contributed by atoms with van der Waals surface area (Å²) in [6.07, 6.45) is 0.722. The molecule has 0 unspecified atom stereocenters. The Hall–Kier alpha value is -0.670. The second kappa shape index (κ2) is 12.0. The molecule has 0 aliphatic heterocycles. The Balaban J connectivity index is 0. The van der Waals surface area contributed by atoms with Crippen molar-refractivity contribution in [1.29, 1.82) is 0 Å². The molecular weight excluding hydrogens is 142 g/mol. The van der Waals surface area contributed by atoms with E-state index in [-0.39, 0.29) is 0 Å². The van der Waals surface area contributed by atoms with Crippen LogP contribution in [0, 0.1) is 0 Å². The largest absolute Gasteiger partial charge is 0.383 e. The summed E-state index contributed by atoms with van der Waals surface area (Å²) in [6.45, 7) is 6.71. The summed E-state index contributed by atoms with van der Waals surface area (Å²) in [7, 11) is 3.59. The van der Waals surface area contributed by atoms with E-state index < -0.39 is 0 Å². The normalized spacial score (nSPS) is 7.91. The highest BCUT2D eigenvalue weighted by molar-refractivity contribution is 5.70. The molecule has 1 N–H and O–H groups in total. The number of nitrogens with one attached hydrogen (secondary N) is 1. The van der Waals surface area contributed by atoms with E-state index in [1.54, 1.807) is 14.0 Å². The van der Waals surface area contributed by atoms with Gasteiger partial charge < -0.3 is 10.1 Å². The summed E-state index contributed by atoms with van der Waals surface area (Å²) >= 11 is 0. The average molecular weight is 159 g/mol. The molecular formula is C8H17NO2. The smallest absolute Gasteiger partial charge is 0.145 e. The van der Waals surface area contributed by atoms with Gasteiger partial charge >= 0.3 is 0 Å². The number of hydrogen-bond donors (Lipinski definition) is 1. The molecule has 0 radical (unpaired) electrons. The van der Waals surface area contributed by atoms with Crippen LogP contribution in [0.3, 0.4) is 0 Å². The first-order valence-electron chi connectivity index (χ1n) is 3.43. The Kier molecular flexibility index (Phi) is 14.2. The summed E-state index contributed by atoms with van der Waals surface area (Å²) in [5, 5.41) is 2.94. The van der Waals surface area contributed by atoms with E-state index in [1.807, 2.05) is 7.05 Å². The quantitative estimate of drug-likeness (QED) is 0.371. The van der Waals surface area contributed by atoms with E-state index in [9.17, 15) is 4.79 Å². The van der Waals surface area contributed by atoms with Gasteiger partial charge in [-0.2, -0.15) is 0 Å². The molecule has 11 heavy (non-hydrogen) atoms. The number of hydrogen-bond acceptors (Lipinski definition) is 3. The first-order valence-corrected chi connectivity index (χ1v) is 3.43. The first-order chi connectivity index (χ1) is 5.18. The molecule has 0 atom stereocenters. The highest BCUT2D eigenvalue weighted by atomic mass is 16.5. The molecule has 0 spiro atoms. The van der Waals surface area contributed by atoms with Crippen molar-refractivity contribution in [2.45, 2.75) is 6.92 Å². The van der Waals surface area contributed by atoms with E-state index in [4.69, 9.17) is 4.74 Å². The third kappa shape index (κ3) is 26.7. The highest BCUT2D eigenvalue weighted by Gasteiger charge is 1.72. The van der Waals surface area contributed by atoms with Gasteiger partial charge in [0.1, 0.15) is 6.29 Å². The molecule has 0 bridgehead atoms. The lowest BCUT2D eigenvalue weighted by molar-refractivity contribution is -0.104. The van der Waals surface area contributed by atoms with Gasteiger partial charge in [-0.25, -0.2) is 0 Å². The summed E-state index contributed by atoms with van der Waals surface area (Å²) in [5.74, 6) is 0. The topological polar surface area (TPSA) is 38.3 Å². The summed E-state index contributed by atoms with van der Waals surface area (Å²) < 4.78 is 4.72. The Labute approximate surface area is 68.4 Å². The SMILES string of the molecule is C=C(C)C=O.CNCCOC. The van der Waals surface area contributed by atoms with Gasteiger partial charge in [0, 0.05) is 13.7 Å². The van der Waals surface area contributed by atoms with E-state index >= 15 is 0 Å². The number of aldehydes is 1. The zero-order chi connectivity index (χ0) is 9.11. The molecule has 0 rings (SSSR count). The Bertz CT molecular complexity index is 98.3. The van der Waals surface area contributed by atoms with E-state index in [0.29, 0.717) is 5.57 Å². The molecule has 0 fully saturated rings. The number of carbonyl (C=O) groups is 1. The van der Waals surface area contributed by atoms with Crippen LogP contribution < -0.4 is 5.32 Å². The minimum atomic E-state index is 0.574. The van der Waals surface area contributed by atoms with Crippen LogP contribution in [0.5, 0.6) is 0 Å². The van der Waals surface area contributed by atoms with E-state index in [0.717, 1.165) is 19.4 Å². The minimum Gasteiger partial charge on any atom is -0.383 e. The van der Waals surface area contributed by atoms with Crippen LogP contribution in [0.2, 0.25) is 0 Å². The van der Waals surface area contributed by atoms with Gasteiger partial charge in [0.2, 0.25) is 0 Å². The molecule has 3 nitrogen and oxygen atoms in total. The summed E-state index contributed by atoms with van der Waals surface area (Å²) in [4.78, 5) is 9.41. The van der Waals surface area contributed by atoms with Crippen LogP contribution in [0.25, 0.3) is 0 Å². The van der Waals surface area contributed by atoms with Gasteiger partial charge in [-0.05, 0) is 19.5 Å². The maximum absolute atomic E-state index is 9.41. The number of rotatable bonds is 4. The van der Waals surface area contributed by atoms with Crippen LogP contribution in [-0.4, -0.2) is 33.6 Å². The molecule has 0 aromatic heterocycles. The maximum Gasteiger partial charge on any atom is 0.145 e. The Morgan fingerprint density at radius 2 is 2.18 bits per heavy atom. The predicted octanol–water partition coefficient (Wildman–Crippen LogP) is 0.614. The molecule has 0 aliphatic carbocycles. The number of allylic oxidation sites excluding steroid dienone is 1. The third-order valence-corrected chi connectivity index (χ3v) is 0.757. The van der Waals surface area contributed by atoms with E-state index in [1.165, 1.54) is 0 Å². The summed E-state index contributed by atoms with van der Waals surface area (Å²) in [5.41, 5.74) is 0.574. The monoisotopic (exact) mass is 159 g/mol. The fourth-order valence-corrected chi connectivity index (χ4v) is 0.204.